The normalized spacial score (nSPS) is 15.4. The molecular weight excluding hydrogens is 280 g/mol. The third kappa shape index (κ3) is 4.87. The fourth-order valence-electron chi connectivity index (χ4n) is 1.66. The molecule has 0 aliphatic carbocycles. The lowest BCUT2D eigenvalue weighted by Crippen LogP contribution is -2.36. The zero-order valence-corrected chi connectivity index (χ0v) is 13.7. The van der Waals surface area contributed by atoms with E-state index < -0.39 is 10.0 Å². The van der Waals surface area contributed by atoms with Gasteiger partial charge in [0.1, 0.15) is 4.21 Å². The molecular formula is C13H24N2O2S2. The summed E-state index contributed by atoms with van der Waals surface area (Å²) < 4.78 is 27.6. The summed E-state index contributed by atoms with van der Waals surface area (Å²) in [6.45, 7) is 6.90. The summed E-state index contributed by atoms with van der Waals surface area (Å²) in [7, 11) is -1.48. The van der Waals surface area contributed by atoms with Gasteiger partial charge in [-0.2, -0.15) is 0 Å². The van der Waals surface area contributed by atoms with Crippen LogP contribution < -0.4 is 10.0 Å². The first-order valence-corrected chi connectivity index (χ1v) is 8.96. The molecule has 2 atom stereocenters. The Morgan fingerprint density at radius 2 is 2.00 bits per heavy atom. The van der Waals surface area contributed by atoms with E-state index in [-0.39, 0.29) is 6.04 Å². The number of hydrogen-bond acceptors (Lipinski definition) is 4. The van der Waals surface area contributed by atoms with Crippen LogP contribution in [0.1, 0.15) is 32.1 Å². The smallest absolute Gasteiger partial charge is 0.250 e. The van der Waals surface area contributed by atoms with Crippen LogP contribution in [0.3, 0.4) is 0 Å². The maximum atomic E-state index is 12.2. The molecule has 0 saturated heterocycles. The molecule has 19 heavy (non-hydrogen) atoms. The van der Waals surface area contributed by atoms with E-state index >= 15 is 0 Å². The Morgan fingerprint density at radius 1 is 1.32 bits per heavy atom. The van der Waals surface area contributed by atoms with Crippen molar-refractivity contribution < 1.29 is 8.42 Å². The van der Waals surface area contributed by atoms with Crippen molar-refractivity contribution in [2.24, 2.45) is 5.92 Å². The molecule has 110 valence electrons. The molecule has 0 saturated carbocycles. The molecule has 4 nitrogen and oxygen atoms in total. The average Bonchev–Trinajstić information content (AvgIpc) is 2.84. The van der Waals surface area contributed by atoms with Gasteiger partial charge in [-0.15, -0.1) is 11.3 Å². The monoisotopic (exact) mass is 304 g/mol. The van der Waals surface area contributed by atoms with Crippen molar-refractivity contribution >= 4 is 21.4 Å². The van der Waals surface area contributed by atoms with Crippen molar-refractivity contribution in [3.05, 3.63) is 17.0 Å². The zero-order chi connectivity index (χ0) is 14.5. The Hall–Kier alpha value is -0.430. The molecule has 1 aromatic heterocycles. The summed E-state index contributed by atoms with van der Waals surface area (Å²) in [6, 6.07) is 3.55. The van der Waals surface area contributed by atoms with Crippen LogP contribution in [0, 0.1) is 5.92 Å². The molecule has 0 aromatic carbocycles. The summed E-state index contributed by atoms with van der Waals surface area (Å²) in [5.41, 5.74) is 0. The van der Waals surface area contributed by atoms with Crippen LogP contribution in [0.25, 0.3) is 0 Å². The van der Waals surface area contributed by atoms with E-state index in [1.165, 1.54) is 11.3 Å². The van der Waals surface area contributed by atoms with Gasteiger partial charge in [0.05, 0.1) is 0 Å². The molecule has 1 rings (SSSR count). The second-order valence-electron chi connectivity index (χ2n) is 4.87. The quantitative estimate of drug-likeness (QED) is 0.774. The molecule has 0 radical (unpaired) electrons. The number of hydrogen-bond donors (Lipinski definition) is 2. The minimum Gasteiger partial charge on any atom is -0.319 e. The van der Waals surface area contributed by atoms with Gasteiger partial charge in [0, 0.05) is 10.9 Å². The van der Waals surface area contributed by atoms with Gasteiger partial charge in [-0.25, -0.2) is 13.1 Å². The van der Waals surface area contributed by atoms with Gasteiger partial charge in [-0.3, -0.25) is 0 Å². The Bertz CT molecular complexity index is 483. The third-order valence-electron chi connectivity index (χ3n) is 3.36. The SMILES string of the molecule is CCC(C)C(C)NS(=O)(=O)c1ccc(CCNC)s1. The third-order valence-corrected chi connectivity index (χ3v) is 6.56. The van der Waals surface area contributed by atoms with Gasteiger partial charge >= 0.3 is 0 Å². The van der Waals surface area contributed by atoms with Crippen molar-refractivity contribution in [2.75, 3.05) is 13.6 Å². The van der Waals surface area contributed by atoms with Gasteiger partial charge in [0.15, 0.2) is 0 Å². The zero-order valence-electron chi connectivity index (χ0n) is 12.1. The Morgan fingerprint density at radius 3 is 2.58 bits per heavy atom. The molecule has 0 spiro atoms. The average molecular weight is 304 g/mol. The van der Waals surface area contributed by atoms with E-state index in [4.69, 9.17) is 0 Å². The Labute approximate surface area is 120 Å². The predicted octanol–water partition coefficient (Wildman–Crippen LogP) is 2.22. The van der Waals surface area contributed by atoms with Gasteiger partial charge in [-0.05, 0) is 45.0 Å². The van der Waals surface area contributed by atoms with Crippen LogP contribution in [-0.4, -0.2) is 28.1 Å². The highest BCUT2D eigenvalue weighted by Crippen LogP contribution is 2.22. The van der Waals surface area contributed by atoms with Gasteiger partial charge in [0.2, 0.25) is 10.0 Å². The van der Waals surface area contributed by atoms with E-state index in [0.717, 1.165) is 24.3 Å². The van der Waals surface area contributed by atoms with Crippen molar-refractivity contribution in [1.29, 1.82) is 0 Å². The van der Waals surface area contributed by atoms with Crippen molar-refractivity contribution in [3.8, 4) is 0 Å². The summed E-state index contributed by atoms with van der Waals surface area (Å²) in [4.78, 5) is 1.09. The molecule has 2 N–H and O–H groups in total. The van der Waals surface area contributed by atoms with E-state index in [9.17, 15) is 8.42 Å². The number of rotatable bonds is 8. The van der Waals surface area contributed by atoms with E-state index in [0.29, 0.717) is 10.1 Å². The van der Waals surface area contributed by atoms with Gasteiger partial charge < -0.3 is 5.32 Å². The maximum absolute atomic E-state index is 12.2. The lowest BCUT2D eigenvalue weighted by atomic mass is 10.0. The highest BCUT2D eigenvalue weighted by molar-refractivity contribution is 7.91. The molecule has 0 aliphatic rings. The predicted molar refractivity (Wildman–Crippen MR) is 81.2 cm³/mol. The molecule has 0 aliphatic heterocycles. The fourth-order valence-corrected chi connectivity index (χ4v) is 4.38. The Kier molecular flexibility index (Phi) is 6.46. The number of thiophene rings is 1. The summed E-state index contributed by atoms with van der Waals surface area (Å²) in [5.74, 6) is 0.332. The molecule has 2 unspecified atom stereocenters. The van der Waals surface area contributed by atoms with Crippen LogP contribution in [-0.2, 0) is 16.4 Å². The van der Waals surface area contributed by atoms with Gasteiger partial charge in [-0.1, -0.05) is 20.3 Å². The fraction of sp³-hybridized carbons (Fsp3) is 0.692. The molecule has 0 bridgehead atoms. The Balaban J connectivity index is 2.74. The minimum atomic E-state index is -3.37. The van der Waals surface area contributed by atoms with Crippen LogP contribution >= 0.6 is 11.3 Å². The van der Waals surface area contributed by atoms with Crippen LogP contribution in [0.2, 0.25) is 0 Å². The molecule has 1 aromatic rings. The van der Waals surface area contributed by atoms with Crippen molar-refractivity contribution in [2.45, 2.75) is 43.9 Å². The molecule has 0 amide bonds. The number of likely N-dealkylation sites (N-methyl/N-ethyl adjacent to an activating group) is 1. The lowest BCUT2D eigenvalue weighted by molar-refractivity contribution is 0.434. The van der Waals surface area contributed by atoms with Crippen molar-refractivity contribution in [1.82, 2.24) is 10.0 Å². The molecule has 0 fully saturated rings. The first-order chi connectivity index (χ1) is 8.90. The summed E-state index contributed by atoms with van der Waals surface area (Å²) in [5, 5.41) is 3.06. The van der Waals surface area contributed by atoms with Gasteiger partial charge in [0.25, 0.3) is 0 Å². The van der Waals surface area contributed by atoms with E-state index in [1.54, 1.807) is 6.07 Å². The largest absolute Gasteiger partial charge is 0.319 e. The topological polar surface area (TPSA) is 58.2 Å². The standard InChI is InChI=1S/C13H24N2O2S2/c1-5-10(2)11(3)15-19(16,17)13-7-6-12(18-13)8-9-14-4/h6-7,10-11,14-15H,5,8-9H2,1-4H3. The molecule has 1 heterocycles. The number of nitrogens with one attached hydrogen (secondary N) is 2. The summed E-state index contributed by atoms with van der Waals surface area (Å²) >= 11 is 1.35. The lowest BCUT2D eigenvalue weighted by Gasteiger charge is -2.19. The van der Waals surface area contributed by atoms with Crippen LogP contribution in [0.4, 0.5) is 0 Å². The first kappa shape index (κ1) is 16.6. The first-order valence-electron chi connectivity index (χ1n) is 6.66. The molecule has 6 heteroatoms. The second kappa shape index (κ2) is 7.38. The summed E-state index contributed by atoms with van der Waals surface area (Å²) in [6.07, 6.45) is 1.82. The number of sulfonamides is 1. The van der Waals surface area contributed by atoms with Crippen molar-refractivity contribution in [3.63, 3.8) is 0 Å². The highest BCUT2D eigenvalue weighted by Gasteiger charge is 2.21. The highest BCUT2D eigenvalue weighted by atomic mass is 32.2. The van der Waals surface area contributed by atoms with E-state index in [2.05, 4.69) is 23.9 Å². The maximum Gasteiger partial charge on any atom is 0.250 e. The minimum absolute atomic E-state index is 0.0436. The van der Waals surface area contributed by atoms with Crippen LogP contribution in [0.5, 0.6) is 0 Å². The van der Waals surface area contributed by atoms with Crippen LogP contribution in [0.15, 0.2) is 16.3 Å². The second-order valence-corrected chi connectivity index (χ2v) is 7.98. The van der Waals surface area contributed by atoms with E-state index in [1.807, 2.05) is 20.0 Å².